The highest BCUT2D eigenvalue weighted by Crippen LogP contribution is 2.36. The van der Waals surface area contributed by atoms with Crippen molar-refractivity contribution in [2.24, 2.45) is 11.1 Å². The molecule has 4 heterocycles. The van der Waals surface area contributed by atoms with Gasteiger partial charge in [-0.15, -0.1) is 11.3 Å². The summed E-state index contributed by atoms with van der Waals surface area (Å²) >= 11 is 4.95. The molecule has 2 aliphatic heterocycles. The maximum absolute atomic E-state index is 13.1. The van der Waals surface area contributed by atoms with Gasteiger partial charge in [-0.25, -0.2) is 4.98 Å². The monoisotopic (exact) mass is 521 g/mol. The Kier molecular flexibility index (Phi) is 7.64. The van der Waals surface area contributed by atoms with Gasteiger partial charge in [0.2, 0.25) is 5.91 Å². The zero-order valence-corrected chi connectivity index (χ0v) is 20.2. The highest BCUT2D eigenvalue weighted by molar-refractivity contribution is 9.10. The summed E-state index contributed by atoms with van der Waals surface area (Å²) < 4.78 is 7.02. The molecule has 0 aliphatic carbocycles. The molecule has 2 aliphatic rings. The van der Waals surface area contributed by atoms with Crippen LogP contribution in [-0.2, 0) is 11.3 Å². The first-order chi connectivity index (χ1) is 15.5. The van der Waals surface area contributed by atoms with E-state index in [0.717, 1.165) is 60.2 Å². The number of piperidine rings is 2. The lowest BCUT2D eigenvalue weighted by Gasteiger charge is -2.37. The number of halogens is 1. The molecule has 0 aromatic carbocycles. The summed E-state index contributed by atoms with van der Waals surface area (Å²) in [5.41, 5.74) is 6.94. The number of likely N-dealkylation sites (tertiary alicyclic amines) is 2. The third-order valence-electron chi connectivity index (χ3n) is 6.13. The van der Waals surface area contributed by atoms with Crippen molar-refractivity contribution >= 4 is 45.2 Å². The number of hydrogen-bond donors (Lipinski definition) is 2. The Labute approximate surface area is 200 Å². The molecule has 2 fully saturated rings. The van der Waals surface area contributed by atoms with Gasteiger partial charge < -0.3 is 20.6 Å². The number of aromatic nitrogens is 1. The summed E-state index contributed by atoms with van der Waals surface area (Å²) in [7, 11) is 0. The van der Waals surface area contributed by atoms with E-state index in [-0.39, 0.29) is 17.9 Å². The SMILES string of the molecule is Nc1cc(CN2CCC(C(=O)N3CCC(Oc4c(Br)csc4/C=N/O)CC3)CC2)ccn1. The summed E-state index contributed by atoms with van der Waals surface area (Å²) in [5, 5.41) is 13.9. The van der Waals surface area contributed by atoms with E-state index < -0.39 is 0 Å². The molecule has 0 atom stereocenters. The molecular formula is C22H28BrN5O3S. The number of anilines is 1. The predicted molar refractivity (Wildman–Crippen MR) is 128 cm³/mol. The number of rotatable bonds is 6. The lowest BCUT2D eigenvalue weighted by Crippen LogP contribution is -2.47. The number of amides is 1. The van der Waals surface area contributed by atoms with E-state index >= 15 is 0 Å². The Bertz CT molecular complexity index is 953. The number of nitrogens with zero attached hydrogens (tertiary/aromatic N) is 4. The smallest absolute Gasteiger partial charge is 0.225 e. The van der Waals surface area contributed by atoms with Crippen LogP contribution >= 0.6 is 27.3 Å². The fourth-order valence-electron chi connectivity index (χ4n) is 4.40. The van der Waals surface area contributed by atoms with E-state index in [1.165, 1.54) is 17.6 Å². The Balaban J connectivity index is 1.23. The summed E-state index contributed by atoms with van der Waals surface area (Å²) in [6.45, 7) is 4.10. The molecular weight excluding hydrogens is 494 g/mol. The van der Waals surface area contributed by atoms with E-state index in [0.29, 0.717) is 24.7 Å². The number of carbonyl (C=O) groups excluding carboxylic acids is 1. The van der Waals surface area contributed by atoms with Gasteiger partial charge in [0.1, 0.15) is 11.9 Å². The van der Waals surface area contributed by atoms with Crippen molar-refractivity contribution in [3.8, 4) is 5.75 Å². The average molecular weight is 522 g/mol. The second-order valence-electron chi connectivity index (χ2n) is 8.30. The molecule has 3 N–H and O–H groups in total. The number of hydrogen-bond acceptors (Lipinski definition) is 8. The Morgan fingerprint density at radius 1 is 1.31 bits per heavy atom. The number of carbonyl (C=O) groups is 1. The molecule has 0 unspecified atom stereocenters. The molecule has 0 spiro atoms. The minimum atomic E-state index is 0.0467. The van der Waals surface area contributed by atoms with Gasteiger partial charge in [-0.2, -0.15) is 0 Å². The highest BCUT2D eigenvalue weighted by atomic mass is 79.9. The summed E-state index contributed by atoms with van der Waals surface area (Å²) in [6, 6.07) is 3.91. The van der Waals surface area contributed by atoms with E-state index in [1.807, 2.05) is 22.4 Å². The number of oxime groups is 1. The molecule has 4 rings (SSSR count). The number of nitrogen functional groups attached to an aromatic ring is 1. The van der Waals surface area contributed by atoms with Gasteiger partial charge in [0, 0.05) is 50.0 Å². The maximum atomic E-state index is 13.1. The van der Waals surface area contributed by atoms with Crippen molar-refractivity contribution in [1.29, 1.82) is 0 Å². The van der Waals surface area contributed by atoms with Crippen molar-refractivity contribution in [2.75, 3.05) is 31.9 Å². The summed E-state index contributed by atoms with van der Waals surface area (Å²) in [4.78, 5) is 22.3. The van der Waals surface area contributed by atoms with Gasteiger partial charge in [0.25, 0.3) is 0 Å². The Hall–Kier alpha value is -2.17. The standard InChI is InChI=1S/C22H28BrN5O3S/c23-18-14-32-19(12-26-30)21(18)31-17-4-9-28(10-5-17)22(29)16-2-7-27(8-3-16)13-15-1-6-25-20(24)11-15/h1,6,11-12,14,16-17,30H,2-5,7-10,13H2,(H2,24,25)/b26-12+. The first-order valence-electron chi connectivity index (χ1n) is 10.9. The van der Waals surface area contributed by atoms with Gasteiger partial charge in [-0.3, -0.25) is 9.69 Å². The molecule has 2 saturated heterocycles. The molecule has 0 saturated carbocycles. The van der Waals surface area contributed by atoms with Crippen molar-refractivity contribution in [3.05, 3.63) is 38.6 Å². The van der Waals surface area contributed by atoms with Crippen molar-refractivity contribution < 1.29 is 14.7 Å². The van der Waals surface area contributed by atoms with Crippen LogP contribution in [0.3, 0.4) is 0 Å². The minimum Gasteiger partial charge on any atom is -0.488 e. The summed E-state index contributed by atoms with van der Waals surface area (Å²) in [6.07, 6.45) is 6.55. The van der Waals surface area contributed by atoms with E-state index in [4.69, 9.17) is 15.7 Å². The largest absolute Gasteiger partial charge is 0.488 e. The molecule has 1 amide bonds. The van der Waals surface area contributed by atoms with Gasteiger partial charge in [-0.05, 0) is 59.6 Å². The van der Waals surface area contributed by atoms with Crippen LogP contribution in [0.15, 0.2) is 33.3 Å². The third-order valence-corrected chi connectivity index (χ3v) is 7.92. The predicted octanol–water partition coefficient (Wildman–Crippen LogP) is 3.58. The zero-order chi connectivity index (χ0) is 22.5. The highest BCUT2D eigenvalue weighted by Gasteiger charge is 2.31. The van der Waals surface area contributed by atoms with E-state index in [9.17, 15) is 4.79 Å². The van der Waals surface area contributed by atoms with Crippen molar-refractivity contribution in [2.45, 2.75) is 38.3 Å². The topological polar surface area (TPSA) is 104 Å². The quantitative estimate of drug-likeness (QED) is 0.342. The van der Waals surface area contributed by atoms with Crippen molar-refractivity contribution in [1.82, 2.24) is 14.8 Å². The molecule has 8 nitrogen and oxygen atoms in total. The number of nitrogens with two attached hydrogens (primary N) is 1. The lowest BCUT2D eigenvalue weighted by molar-refractivity contribution is -0.139. The number of pyridine rings is 1. The summed E-state index contributed by atoms with van der Waals surface area (Å²) in [5.74, 6) is 1.63. The van der Waals surface area contributed by atoms with Crippen LogP contribution in [0.4, 0.5) is 5.82 Å². The van der Waals surface area contributed by atoms with Crippen LogP contribution in [0.5, 0.6) is 5.75 Å². The molecule has 2 aromatic rings. The van der Waals surface area contributed by atoms with E-state index in [1.54, 1.807) is 6.20 Å². The molecule has 10 heteroatoms. The van der Waals surface area contributed by atoms with E-state index in [2.05, 4.69) is 31.0 Å². The lowest BCUT2D eigenvalue weighted by atomic mass is 9.94. The van der Waals surface area contributed by atoms with Crippen LogP contribution < -0.4 is 10.5 Å². The molecule has 2 aromatic heterocycles. The second kappa shape index (κ2) is 10.6. The van der Waals surface area contributed by atoms with Crippen LogP contribution in [0.1, 0.15) is 36.1 Å². The van der Waals surface area contributed by atoms with Gasteiger partial charge >= 0.3 is 0 Å². The number of thiophene rings is 1. The Morgan fingerprint density at radius 3 is 2.75 bits per heavy atom. The first-order valence-corrected chi connectivity index (χ1v) is 12.5. The van der Waals surface area contributed by atoms with Gasteiger partial charge in [0.15, 0.2) is 5.75 Å². The average Bonchev–Trinajstić information content (AvgIpc) is 3.14. The fraction of sp³-hybridized carbons (Fsp3) is 0.500. The third kappa shape index (κ3) is 5.60. The van der Waals surface area contributed by atoms with Crippen LogP contribution in [0.25, 0.3) is 0 Å². The fourth-order valence-corrected chi connectivity index (χ4v) is 5.83. The van der Waals surface area contributed by atoms with Crippen LogP contribution in [-0.4, -0.2) is 64.4 Å². The van der Waals surface area contributed by atoms with Crippen LogP contribution in [0.2, 0.25) is 0 Å². The number of ether oxygens (including phenoxy) is 1. The first kappa shape index (κ1) is 23.0. The molecule has 0 radical (unpaired) electrons. The molecule has 0 bridgehead atoms. The maximum Gasteiger partial charge on any atom is 0.225 e. The Morgan fingerprint density at radius 2 is 2.06 bits per heavy atom. The molecule has 32 heavy (non-hydrogen) atoms. The minimum absolute atomic E-state index is 0.0467. The van der Waals surface area contributed by atoms with Crippen LogP contribution in [0, 0.1) is 5.92 Å². The molecule has 172 valence electrons. The second-order valence-corrected chi connectivity index (χ2v) is 10.1. The van der Waals surface area contributed by atoms with Gasteiger partial charge in [-0.1, -0.05) is 5.16 Å². The normalized spacial score (nSPS) is 19.0. The van der Waals surface area contributed by atoms with Gasteiger partial charge in [0.05, 0.1) is 15.6 Å². The zero-order valence-electron chi connectivity index (χ0n) is 17.8. The van der Waals surface area contributed by atoms with Crippen molar-refractivity contribution in [3.63, 3.8) is 0 Å².